The second kappa shape index (κ2) is 7.46. The Morgan fingerprint density at radius 2 is 1.48 bits per heavy atom. The standard InChI is InChI=1S/C17H18BrFO2/c1-3-20-15-10-7-13(11-16(15)21-4-2)17(18)12-5-8-14(19)9-6-12/h5-11,17H,3-4H2,1-2H3. The third-order valence-electron chi connectivity index (χ3n) is 3.02. The molecule has 1 unspecified atom stereocenters. The highest BCUT2D eigenvalue weighted by Gasteiger charge is 2.14. The summed E-state index contributed by atoms with van der Waals surface area (Å²) in [4.78, 5) is -0.0204. The van der Waals surface area contributed by atoms with Crippen molar-refractivity contribution in [2.24, 2.45) is 0 Å². The lowest BCUT2D eigenvalue weighted by atomic mass is 10.0. The monoisotopic (exact) mass is 352 g/mol. The molecule has 21 heavy (non-hydrogen) atoms. The summed E-state index contributed by atoms with van der Waals surface area (Å²) < 4.78 is 24.2. The quantitative estimate of drug-likeness (QED) is 0.672. The summed E-state index contributed by atoms with van der Waals surface area (Å²) >= 11 is 3.65. The lowest BCUT2D eigenvalue weighted by molar-refractivity contribution is 0.287. The van der Waals surface area contributed by atoms with E-state index >= 15 is 0 Å². The molecule has 0 aliphatic rings. The topological polar surface area (TPSA) is 18.5 Å². The number of rotatable bonds is 6. The molecule has 0 saturated carbocycles. The van der Waals surface area contributed by atoms with Crippen molar-refractivity contribution in [3.63, 3.8) is 0 Å². The molecule has 0 fully saturated rings. The van der Waals surface area contributed by atoms with Gasteiger partial charge in [0.1, 0.15) is 5.82 Å². The Bertz CT molecular complexity index is 584. The minimum Gasteiger partial charge on any atom is -0.490 e. The van der Waals surface area contributed by atoms with Crippen molar-refractivity contribution < 1.29 is 13.9 Å². The van der Waals surface area contributed by atoms with Crippen LogP contribution in [0, 0.1) is 5.82 Å². The van der Waals surface area contributed by atoms with Crippen molar-refractivity contribution in [3.05, 3.63) is 59.4 Å². The summed E-state index contributed by atoms with van der Waals surface area (Å²) in [5, 5.41) is 0. The number of halogens is 2. The van der Waals surface area contributed by atoms with E-state index in [1.165, 1.54) is 12.1 Å². The van der Waals surface area contributed by atoms with Crippen LogP contribution in [0.1, 0.15) is 29.8 Å². The maximum absolute atomic E-state index is 13.0. The van der Waals surface area contributed by atoms with E-state index in [1.807, 2.05) is 32.0 Å². The van der Waals surface area contributed by atoms with Crippen LogP contribution < -0.4 is 9.47 Å². The predicted molar refractivity (Wildman–Crippen MR) is 86.0 cm³/mol. The summed E-state index contributed by atoms with van der Waals surface area (Å²) in [6.07, 6.45) is 0. The Hall–Kier alpha value is -1.55. The van der Waals surface area contributed by atoms with E-state index in [0.29, 0.717) is 13.2 Å². The molecule has 4 heteroatoms. The Morgan fingerprint density at radius 3 is 2.10 bits per heavy atom. The molecule has 0 N–H and O–H groups in total. The molecule has 2 aromatic carbocycles. The number of benzene rings is 2. The van der Waals surface area contributed by atoms with Gasteiger partial charge in [0.25, 0.3) is 0 Å². The Labute approximate surface area is 133 Å². The van der Waals surface area contributed by atoms with Gasteiger partial charge in [-0.05, 0) is 49.2 Å². The van der Waals surface area contributed by atoms with Crippen LogP contribution in [0.3, 0.4) is 0 Å². The first-order chi connectivity index (χ1) is 10.2. The number of hydrogen-bond donors (Lipinski definition) is 0. The zero-order valence-electron chi connectivity index (χ0n) is 12.1. The van der Waals surface area contributed by atoms with Gasteiger partial charge in [-0.3, -0.25) is 0 Å². The molecule has 112 valence electrons. The molecule has 0 radical (unpaired) electrons. The van der Waals surface area contributed by atoms with Gasteiger partial charge in [0, 0.05) is 0 Å². The van der Waals surface area contributed by atoms with Crippen LogP contribution in [0.15, 0.2) is 42.5 Å². The maximum Gasteiger partial charge on any atom is 0.161 e. The highest BCUT2D eigenvalue weighted by molar-refractivity contribution is 9.09. The fourth-order valence-corrected chi connectivity index (χ4v) is 2.64. The fourth-order valence-electron chi connectivity index (χ4n) is 2.05. The van der Waals surface area contributed by atoms with Gasteiger partial charge in [0.15, 0.2) is 11.5 Å². The van der Waals surface area contributed by atoms with Gasteiger partial charge < -0.3 is 9.47 Å². The van der Waals surface area contributed by atoms with E-state index in [-0.39, 0.29) is 10.6 Å². The average molecular weight is 353 g/mol. The molecule has 0 aliphatic carbocycles. The van der Waals surface area contributed by atoms with E-state index in [2.05, 4.69) is 15.9 Å². The van der Waals surface area contributed by atoms with Crippen molar-refractivity contribution in [1.29, 1.82) is 0 Å². The van der Waals surface area contributed by atoms with Gasteiger partial charge in [-0.15, -0.1) is 0 Å². The summed E-state index contributed by atoms with van der Waals surface area (Å²) in [5.41, 5.74) is 2.02. The minimum atomic E-state index is -0.236. The largest absolute Gasteiger partial charge is 0.490 e. The number of ether oxygens (including phenoxy) is 2. The first-order valence-corrected chi connectivity index (χ1v) is 7.86. The lowest BCUT2D eigenvalue weighted by Gasteiger charge is -2.15. The van der Waals surface area contributed by atoms with Gasteiger partial charge in [0.05, 0.1) is 18.0 Å². The zero-order chi connectivity index (χ0) is 15.2. The fraction of sp³-hybridized carbons (Fsp3) is 0.294. The Kier molecular flexibility index (Phi) is 5.62. The van der Waals surface area contributed by atoms with Crippen LogP contribution in [-0.4, -0.2) is 13.2 Å². The van der Waals surface area contributed by atoms with Gasteiger partial charge in [0.2, 0.25) is 0 Å². The molecular weight excluding hydrogens is 335 g/mol. The molecule has 0 heterocycles. The molecule has 0 bridgehead atoms. The predicted octanol–water partition coefficient (Wildman–Crippen LogP) is 5.11. The summed E-state index contributed by atoms with van der Waals surface area (Å²) in [5.74, 6) is 1.23. The number of alkyl halides is 1. The molecule has 0 aromatic heterocycles. The molecule has 2 rings (SSSR count). The van der Waals surface area contributed by atoms with Crippen LogP contribution >= 0.6 is 15.9 Å². The van der Waals surface area contributed by atoms with E-state index in [1.54, 1.807) is 12.1 Å². The molecular formula is C17H18BrFO2. The SMILES string of the molecule is CCOc1ccc(C(Br)c2ccc(F)cc2)cc1OCC. The maximum atomic E-state index is 13.0. The van der Waals surface area contributed by atoms with Gasteiger partial charge in [-0.2, -0.15) is 0 Å². The Balaban J connectivity index is 2.30. The van der Waals surface area contributed by atoms with Gasteiger partial charge >= 0.3 is 0 Å². The normalized spacial score (nSPS) is 12.0. The van der Waals surface area contributed by atoms with Gasteiger partial charge in [-0.25, -0.2) is 4.39 Å². The second-order valence-electron chi connectivity index (χ2n) is 4.49. The molecule has 1 atom stereocenters. The third-order valence-corrected chi connectivity index (χ3v) is 4.08. The van der Waals surface area contributed by atoms with Crippen LogP contribution in [0.2, 0.25) is 0 Å². The summed E-state index contributed by atoms with van der Waals surface area (Å²) in [6.45, 7) is 5.05. The van der Waals surface area contributed by atoms with Crippen molar-refractivity contribution in [2.45, 2.75) is 18.7 Å². The van der Waals surface area contributed by atoms with Crippen LogP contribution in [0.5, 0.6) is 11.5 Å². The molecule has 0 spiro atoms. The minimum absolute atomic E-state index is 0.0204. The van der Waals surface area contributed by atoms with Crippen molar-refractivity contribution in [3.8, 4) is 11.5 Å². The third kappa shape index (κ3) is 3.97. The summed E-state index contributed by atoms with van der Waals surface area (Å²) in [6, 6.07) is 12.3. The number of hydrogen-bond acceptors (Lipinski definition) is 2. The van der Waals surface area contributed by atoms with Crippen molar-refractivity contribution >= 4 is 15.9 Å². The zero-order valence-corrected chi connectivity index (χ0v) is 13.7. The van der Waals surface area contributed by atoms with Crippen LogP contribution in [0.4, 0.5) is 4.39 Å². The smallest absolute Gasteiger partial charge is 0.161 e. The van der Waals surface area contributed by atoms with E-state index in [9.17, 15) is 4.39 Å². The highest BCUT2D eigenvalue weighted by Crippen LogP contribution is 2.36. The molecule has 2 aromatic rings. The van der Waals surface area contributed by atoms with Crippen molar-refractivity contribution in [2.75, 3.05) is 13.2 Å². The van der Waals surface area contributed by atoms with E-state index in [4.69, 9.17) is 9.47 Å². The lowest BCUT2D eigenvalue weighted by Crippen LogP contribution is -2.00. The van der Waals surface area contributed by atoms with Crippen LogP contribution in [-0.2, 0) is 0 Å². The van der Waals surface area contributed by atoms with Crippen LogP contribution in [0.25, 0.3) is 0 Å². The highest BCUT2D eigenvalue weighted by atomic mass is 79.9. The van der Waals surface area contributed by atoms with E-state index < -0.39 is 0 Å². The average Bonchev–Trinajstić information content (AvgIpc) is 2.49. The molecule has 2 nitrogen and oxygen atoms in total. The Morgan fingerprint density at radius 1 is 0.905 bits per heavy atom. The van der Waals surface area contributed by atoms with Crippen molar-refractivity contribution in [1.82, 2.24) is 0 Å². The van der Waals surface area contributed by atoms with E-state index in [0.717, 1.165) is 22.6 Å². The molecule has 0 saturated heterocycles. The van der Waals surface area contributed by atoms with Gasteiger partial charge in [-0.1, -0.05) is 34.1 Å². The first-order valence-electron chi connectivity index (χ1n) is 6.94. The second-order valence-corrected chi connectivity index (χ2v) is 5.40. The molecule has 0 amide bonds. The molecule has 0 aliphatic heterocycles. The first kappa shape index (κ1) is 15.8. The summed E-state index contributed by atoms with van der Waals surface area (Å²) in [7, 11) is 0.